The zero-order valence-corrected chi connectivity index (χ0v) is 19.5. The summed E-state index contributed by atoms with van der Waals surface area (Å²) in [6.45, 7) is 6.39. The number of benzene rings is 1. The molecule has 1 aliphatic rings. The number of thiophene rings is 1. The lowest BCUT2D eigenvalue weighted by atomic mass is 9.99. The van der Waals surface area contributed by atoms with Gasteiger partial charge in [-0.15, -0.1) is 11.3 Å². The van der Waals surface area contributed by atoms with E-state index in [2.05, 4.69) is 10.4 Å². The van der Waals surface area contributed by atoms with Crippen LogP contribution in [0, 0.1) is 26.7 Å². The van der Waals surface area contributed by atoms with E-state index < -0.39 is 15.9 Å². The monoisotopic (exact) mass is 458 g/mol. The topological polar surface area (TPSA) is 84.3 Å². The first kappa shape index (κ1) is 21.7. The molecule has 9 heteroatoms. The van der Waals surface area contributed by atoms with Crippen LogP contribution in [-0.2, 0) is 14.8 Å². The number of amides is 1. The summed E-state index contributed by atoms with van der Waals surface area (Å²) in [5.74, 6) is -0.0120. The van der Waals surface area contributed by atoms with Crippen molar-refractivity contribution in [3.05, 3.63) is 58.6 Å². The van der Waals surface area contributed by atoms with Crippen LogP contribution in [-0.4, -0.2) is 41.5 Å². The smallest absolute Gasteiger partial charge is 0.252 e. The highest BCUT2D eigenvalue weighted by atomic mass is 32.2. The molecule has 1 unspecified atom stereocenters. The molecule has 0 radical (unpaired) electrons. The van der Waals surface area contributed by atoms with Gasteiger partial charge in [0.1, 0.15) is 10.0 Å². The highest BCUT2D eigenvalue weighted by Gasteiger charge is 2.34. The van der Waals surface area contributed by atoms with Gasteiger partial charge in [0, 0.05) is 24.0 Å². The normalized spacial score (nSPS) is 17.6. The molecule has 4 rings (SSSR count). The van der Waals surface area contributed by atoms with Crippen molar-refractivity contribution >= 4 is 33.1 Å². The number of hydrogen-bond acceptors (Lipinski definition) is 5. The molecule has 1 saturated heterocycles. The Morgan fingerprint density at radius 3 is 2.55 bits per heavy atom. The Kier molecular flexibility index (Phi) is 6.00. The van der Waals surface area contributed by atoms with Gasteiger partial charge in [-0.2, -0.15) is 9.40 Å². The van der Waals surface area contributed by atoms with Gasteiger partial charge in [-0.3, -0.25) is 4.79 Å². The number of rotatable bonds is 5. The van der Waals surface area contributed by atoms with Crippen molar-refractivity contribution in [2.75, 3.05) is 18.4 Å². The van der Waals surface area contributed by atoms with Gasteiger partial charge in [-0.25, -0.2) is 13.1 Å². The summed E-state index contributed by atoms with van der Waals surface area (Å²) in [5, 5.41) is 7.47. The van der Waals surface area contributed by atoms with E-state index in [4.69, 9.17) is 0 Å². The van der Waals surface area contributed by atoms with Crippen LogP contribution in [0.4, 0.5) is 5.82 Å². The second-order valence-corrected chi connectivity index (χ2v) is 11.4. The predicted octanol–water partition coefficient (Wildman–Crippen LogP) is 3.90. The van der Waals surface area contributed by atoms with Crippen molar-refractivity contribution in [3.8, 4) is 5.69 Å². The van der Waals surface area contributed by atoms with Crippen molar-refractivity contribution in [1.82, 2.24) is 14.1 Å². The Morgan fingerprint density at radius 1 is 1.13 bits per heavy atom. The molecule has 1 atom stereocenters. The summed E-state index contributed by atoms with van der Waals surface area (Å²) in [5.41, 5.74) is 2.79. The third kappa shape index (κ3) is 4.58. The van der Waals surface area contributed by atoms with Crippen LogP contribution in [0.25, 0.3) is 5.69 Å². The SMILES string of the molecule is Cc1ccc(-n2nc(C)cc2NC(=O)C2CCCN(S(=O)(=O)c3ccc(C)s3)C2)cc1. The van der Waals surface area contributed by atoms with Crippen LogP contribution in [0.5, 0.6) is 0 Å². The zero-order chi connectivity index (χ0) is 22.2. The summed E-state index contributed by atoms with van der Waals surface area (Å²) >= 11 is 1.26. The molecule has 3 heterocycles. The first-order valence-corrected chi connectivity index (χ1v) is 12.5. The van der Waals surface area contributed by atoms with Gasteiger partial charge < -0.3 is 5.32 Å². The first-order valence-electron chi connectivity index (χ1n) is 10.3. The van der Waals surface area contributed by atoms with Gasteiger partial charge in [-0.05, 0) is 57.9 Å². The van der Waals surface area contributed by atoms with Crippen LogP contribution < -0.4 is 5.32 Å². The van der Waals surface area contributed by atoms with Crippen molar-refractivity contribution in [2.24, 2.45) is 5.92 Å². The maximum atomic E-state index is 13.1. The Bertz CT molecular complexity index is 1200. The molecule has 0 saturated carbocycles. The Labute approximate surface area is 186 Å². The van der Waals surface area contributed by atoms with Crippen LogP contribution in [0.1, 0.15) is 29.0 Å². The van der Waals surface area contributed by atoms with E-state index in [0.717, 1.165) is 21.8 Å². The number of anilines is 1. The quantitative estimate of drug-likeness (QED) is 0.628. The average molecular weight is 459 g/mol. The van der Waals surface area contributed by atoms with Gasteiger partial charge in [0.05, 0.1) is 17.3 Å². The third-order valence-corrected chi connectivity index (χ3v) is 8.76. The van der Waals surface area contributed by atoms with Crippen LogP contribution in [0.2, 0.25) is 0 Å². The number of nitrogens with one attached hydrogen (secondary N) is 1. The lowest BCUT2D eigenvalue weighted by molar-refractivity contribution is -0.120. The standard InChI is InChI=1S/C22H26N4O3S2/c1-15-6-9-19(10-7-15)26-20(13-16(2)24-26)23-22(27)18-5-4-12-25(14-18)31(28,29)21-11-8-17(3)30-21/h6-11,13,18H,4-5,12,14H2,1-3H3,(H,23,27). The van der Waals surface area contributed by atoms with Gasteiger partial charge in [0.2, 0.25) is 5.91 Å². The number of sulfonamides is 1. The van der Waals surface area contributed by atoms with E-state index in [1.807, 2.05) is 51.1 Å². The molecule has 1 amide bonds. The van der Waals surface area contributed by atoms with Crippen LogP contribution >= 0.6 is 11.3 Å². The van der Waals surface area contributed by atoms with Crippen LogP contribution in [0.15, 0.2) is 46.7 Å². The fourth-order valence-electron chi connectivity index (χ4n) is 3.75. The largest absolute Gasteiger partial charge is 0.310 e. The molecule has 0 bridgehead atoms. The van der Waals surface area contributed by atoms with Gasteiger partial charge in [-0.1, -0.05) is 17.7 Å². The lowest BCUT2D eigenvalue weighted by Crippen LogP contribution is -2.43. The van der Waals surface area contributed by atoms with Crippen molar-refractivity contribution in [2.45, 2.75) is 37.8 Å². The molecule has 164 valence electrons. The number of carbonyl (C=O) groups is 1. The minimum absolute atomic E-state index is 0.183. The highest BCUT2D eigenvalue weighted by Crippen LogP contribution is 2.29. The molecule has 3 aromatic rings. The van der Waals surface area contributed by atoms with E-state index in [1.54, 1.807) is 16.8 Å². The third-order valence-electron chi connectivity index (χ3n) is 5.43. The molecule has 1 aromatic carbocycles. The fraction of sp³-hybridized carbons (Fsp3) is 0.364. The number of hydrogen-bond donors (Lipinski definition) is 1. The van der Waals surface area contributed by atoms with E-state index in [0.29, 0.717) is 29.4 Å². The number of aromatic nitrogens is 2. The van der Waals surface area contributed by atoms with Gasteiger partial charge in [0.15, 0.2) is 0 Å². The minimum Gasteiger partial charge on any atom is -0.310 e. The molecule has 2 aromatic heterocycles. The number of carbonyl (C=O) groups excluding carboxylic acids is 1. The van der Waals surface area contributed by atoms with E-state index >= 15 is 0 Å². The Morgan fingerprint density at radius 2 is 1.87 bits per heavy atom. The predicted molar refractivity (Wildman–Crippen MR) is 122 cm³/mol. The molecular formula is C22H26N4O3S2. The molecule has 1 N–H and O–H groups in total. The summed E-state index contributed by atoms with van der Waals surface area (Å²) in [7, 11) is -3.58. The molecule has 1 fully saturated rings. The van der Waals surface area contributed by atoms with Crippen molar-refractivity contribution in [3.63, 3.8) is 0 Å². The maximum Gasteiger partial charge on any atom is 0.252 e. The summed E-state index contributed by atoms with van der Waals surface area (Å²) < 4.78 is 29.5. The second kappa shape index (κ2) is 8.57. The lowest BCUT2D eigenvalue weighted by Gasteiger charge is -2.30. The highest BCUT2D eigenvalue weighted by molar-refractivity contribution is 7.91. The molecule has 7 nitrogen and oxygen atoms in total. The number of nitrogens with zero attached hydrogens (tertiary/aromatic N) is 3. The van der Waals surface area contributed by atoms with Crippen molar-refractivity contribution in [1.29, 1.82) is 0 Å². The number of aryl methyl sites for hydroxylation is 3. The first-order chi connectivity index (χ1) is 14.7. The zero-order valence-electron chi connectivity index (χ0n) is 17.8. The van der Waals surface area contributed by atoms with E-state index in [-0.39, 0.29) is 12.5 Å². The van der Waals surface area contributed by atoms with Gasteiger partial charge in [0.25, 0.3) is 10.0 Å². The second-order valence-electron chi connectivity index (χ2n) is 7.97. The van der Waals surface area contributed by atoms with Gasteiger partial charge >= 0.3 is 0 Å². The Hall–Kier alpha value is -2.49. The molecule has 31 heavy (non-hydrogen) atoms. The molecule has 0 aliphatic carbocycles. The van der Waals surface area contributed by atoms with E-state index in [1.165, 1.54) is 15.6 Å². The summed E-state index contributed by atoms with van der Waals surface area (Å²) in [4.78, 5) is 14.0. The minimum atomic E-state index is -3.58. The maximum absolute atomic E-state index is 13.1. The Balaban J connectivity index is 1.51. The number of piperidine rings is 1. The van der Waals surface area contributed by atoms with E-state index in [9.17, 15) is 13.2 Å². The van der Waals surface area contributed by atoms with Crippen molar-refractivity contribution < 1.29 is 13.2 Å². The molecular weight excluding hydrogens is 432 g/mol. The summed E-state index contributed by atoms with van der Waals surface area (Å²) in [6, 6.07) is 13.2. The fourth-order valence-corrected chi connectivity index (χ4v) is 6.71. The average Bonchev–Trinajstić information content (AvgIpc) is 3.34. The molecule has 1 aliphatic heterocycles. The van der Waals surface area contributed by atoms with Crippen LogP contribution in [0.3, 0.4) is 0 Å². The summed E-state index contributed by atoms with van der Waals surface area (Å²) in [6.07, 6.45) is 1.30. The molecule has 0 spiro atoms.